The molecule has 3 aliphatic heterocycles. The number of aromatic nitrogens is 7. The number of alkyl halides is 2. The van der Waals surface area contributed by atoms with Gasteiger partial charge in [-0.05, 0) is 82.4 Å². The van der Waals surface area contributed by atoms with Gasteiger partial charge in [0, 0.05) is 70.4 Å². The van der Waals surface area contributed by atoms with Gasteiger partial charge in [0.15, 0.2) is 11.3 Å². The number of ether oxygens (including phenoxy) is 2. The lowest BCUT2D eigenvalue weighted by atomic mass is 9.85. The molecule has 7 heterocycles. The molecule has 340 valence electrons. The van der Waals surface area contributed by atoms with Gasteiger partial charge in [0.1, 0.15) is 23.2 Å². The van der Waals surface area contributed by atoms with Crippen LogP contribution in [0.1, 0.15) is 98.2 Å². The van der Waals surface area contributed by atoms with E-state index in [9.17, 15) is 28.0 Å². The first kappa shape index (κ1) is 43.4. The number of piperidine rings is 2. The maximum atomic E-state index is 14.3. The number of hydrogen-bond donors (Lipinski definition) is 3. The Hall–Kier alpha value is -5.86. The predicted molar refractivity (Wildman–Crippen MR) is 233 cm³/mol. The molecule has 1 aromatic carbocycles. The molecule has 1 aliphatic carbocycles. The highest BCUT2D eigenvalue weighted by Crippen LogP contribution is 2.36. The fourth-order valence-corrected chi connectivity index (χ4v) is 9.59. The van der Waals surface area contributed by atoms with Crippen molar-refractivity contribution in [1.29, 1.82) is 0 Å². The van der Waals surface area contributed by atoms with Crippen LogP contribution in [0.25, 0.3) is 16.6 Å². The number of imide groups is 1. The number of aryl methyl sites for hydroxylation is 1. The number of nitrogens with one attached hydrogen (secondary N) is 3. The summed E-state index contributed by atoms with van der Waals surface area (Å²) in [6.45, 7) is 8.25. The molecule has 64 heavy (non-hydrogen) atoms. The highest BCUT2D eigenvalue weighted by Gasteiger charge is 2.32. The zero-order valence-corrected chi connectivity index (χ0v) is 35.9. The topological polar surface area (TPSA) is 195 Å². The summed E-state index contributed by atoms with van der Waals surface area (Å²) >= 11 is 0. The van der Waals surface area contributed by atoms with Crippen molar-refractivity contribution in [3.63, 3.8) is 0 Å². The minimum Gasteiger partial charge on any atom is -0.384 e. The van der Waals surface area contributed by atoms with Crippen molar-refractivity contribution in [2.45, 2.75) is 89.3 Å². The molecular formula is C44H54F2N12O6. The molecule has 5 aromatic rings. The van der Waals surface area contributed by atoms with E-state index in [-0.39, 0.29) is 47.7 Å². The van der Waals surface area contributed by atoms with E-state index in [1.807, 2.05) is 18.2 Å². The Morgan fingerprint density at radius 1 is 0.984 bits per heavy atom. The van der Waals surface area contributed by atoms with Crippen LogP contribution in [0.3, 0.4) is 0 Å². The second kappa shape index (κ2) is 19.1. The number of carbonyl (C=O) groups is 3. The minimum absolute atomic E-state index is 0.0104. The summed E-state index contributed by atoms with van der Waals surface area (Å²) in [7, 11) is 0. The largest absolute Gasteiger partial charge is 0.384 e. The van der Waals surface area contributed by atoms with Crippen molar-refractivity contribution in [3.05, 3.63) is 70.3 Å². The lowest BCUT2D eigenvalue weighted by Crippen LogP contribution is -2.45. The lowest BCUT2D eigenvalue weighted by molar-refractivity contribution is -0.135. The Balaban J connectivity index is 0.716. The molecule has 1 unspecified atom stereocenters. The Kier molecular flexibility index (Phi) is 12.9. The molecular weight excluding hydrogens is 831 g/mol. The molecule has 20 heteroatoms. The van der Waals surface area contributed by atoms with Gasteiger partial charge in [-0.2, -0.15) is 10.2 Å². The molecule has 0 spiro atoms. The first-order valence-corrected chi connectivity index (χ1v) is 22.4. The molecule has 3 saturated heterocycles. The SMILES string of the molecule is Cc1nc2cccc(NCCCOC3CCN(C[C@H]4CC[C@H](n5cc(NC(=O)c6cnn7ccc(N8CCOCC8)nc67)c(C(F)F)n5)CC4)CC3)c2c(=O)n1C1CCC(=O)NC1=O. The summed E-state index contributed by atoms with van der Waals surface area (Å²) in [5.41, 5.74) is 0.934. The fraction of sp³-hybridized carbons (Fsp3) is 0.545. The number of benzene rings is 1. The molecule has 3 N–H and O–H groups in total. The first-order chi connectivity index (χ1) is 31.1. The maximum Gasteiger partial charge on any atom is 0.284 e. The van der Waals surface area contributed by atoms with Gasteiger partial charge in [-0.25, -0.2) is 23.3 Å². The summed E-state index contributed by atoms with van der Waals surface area (Å²) in [5.74, 6) is 0.206. The molecule has 1 atom stereocenters. The smallest absolute Gasteiger partial charge is 0.284 e. The Morgan fingerprint density at radius 3 is 2.55 bits per heavy atom. The number of rotatable bonds is 14. The number of amides is 3. The predicted octanol–water partition coefficient (Wildman–Crippen LogP) is 4.66. The van der Waals surface area contributed by atoms with Gasteiger partial charge in [0.2, 0.25) is 11.8 Å². The number of carbonyl (C=O) groups excluding carboxylic acids is 3. The van der Waals surface area contributed by atoms with Crippen molar-refractivity contribution in [3.8, 4) is 0 Å². The number of nitrogens with zero attached hydrogens (tertiary/aromatic N) is 9. The molecule has 4 aliphatic rings. The van der Waals surface area contributed by atoms with Crippen molar-refractivity contribution in [2.24, 2.45) is 5.92 Å². The van der Waals surface area contributed by atoms with Gasteiger partial charge in [-0.3, -0.25) is 33.7 Å². The van der Waals surface area contributed by atoms with E-state index in [2.05, 4.69) is 45.9 Å². The van der Waals surface area contributed by atoms with Crippen LogP contribution in [0, 0.1) is 12.8 Å². The number of likely N-dealkylation sites (tertiary alicyclic amines) is 1. The average Bonchev–Trinajstić information content (AvgIpc) is 3.93. The second-order valence-corrected chi connectivity index (χ2v) is 17.2. The van der Waals surface area contributed by atoms with E-state index in [0.717, 1.165) is 64.6 Å². The number of hydrogen-bond acceptors (Lipinski definition) is 13. The second-order valence-electron chi connectivity index (χ2n) is 17.2. The van der Waals surface area contributed by atoms with Crippen molar-refractivity contribution < 1.29 is 32.6 Å². The monoisotopic (exact) mass is 884 g/mol. The van der Waals surface area contributed by atoms with Crippen LogP contribution in [0.15, 0.2) is 47.7 Å². The van der Waals surface area contributed by atoms with E-state index in [1.54, 1.807) is 23.9 Å². The minimum atomic E-state index is -2.86. The Labute approximate surface area is 367 Å². The van der Waals surface area contributed by atoms with E-state index >= 15 is 0 Å². The van der Waals surface area contributed by atoms with Crippen molar-refractivity contribution in [1.82, 2.24) is 44.1 Å². The Morgan fingerprint density at radius 2 is 1.78 bits per heavy atom. The fourth-order valence-electron chi connectivity index (χ4n) is 9.59. The molecule has 9 rings (SSSR count). The van der Waals surface area contributed by atoms with Crippen LogP contribution in [0.5, 0.6) is 0 Å². The molecule has 4 fully saturated rings. The van der Waals surface area contributed by atoms with Gasteiger partial charge in [-0.15, -0.1) is 0 Å². The molecule has 1 saturated carbocycles. The molecule has 3 amide bonds. The third-order valence-corrected chi connectivity index (χ3v) is 13.0. The van der Waals surface area contributed by atoms with Gasteiger partial charge >= 0.3 is 0 Å². The third-order valence-electron chi connectivity index (χ3n) is 13.0. The highest BCUT2D eigenvalue weighted by atomic mass is 19.3. The van der Waals surface area contributed by atoms with Crippen LogP contribution < -0.4 is 26.4 Å². The van der Waals surface area contributed by atoms with Gasteiger partial charge in [0.25, 0.3) is 17.9 Å². The molecule has 0 radical (unpaired) electrons. The number of anilines is 3. The van der Waals surface area contributed by atoms with Crippen molar-refractivity contribution in [2.75, 3.05) is 74.6 Å². The maximum absolute atomic E-state index is 14.3. The summed E-state index contributed by atoms with van der Waals surface area (Å²) in [6.07, 6.45) is 8.53. The zero-order valence-electron chi connectivity index (χ0n) is 35.9. The van der Waals surface area contributed by atoms with Crippen LogP contribution >= 0.6 is 0 Å². The van der Waals surface area contributed by atoms with Crippen LogP contribution in [0.4, 0.5) is 26.0 Å². The average molecular weight is 885 g/mol. The van der Waals surface area contributed by atoms with Crippen molar-refractivity contribution >= 4 is 51.5 Å². The van der Waals surface area contributed by atoms with E-state index in [1.165, 1.54) is 21.5 Å². The molecule has 0 bridgehead atoms. The number of halogens is 2. The van der Waals surface area contributed by atoms with E-state index in [0.29, 0.717) is 79.3 Å². The number of fused-ring (bicyclic) bond motifs is 2. The number of morpholine rings is 1. The first-order valence-electron chi connectivity index (χ1n) is 22.4. The van der Waals surface area contributed by atoms with Gasteiger partial charge in [0.05, 0.1) is 48.1 Å². The van der Waals surface area contributed by atoms with Crippen LogP contribution in [-0.4, -0.2) is 122 Å². The lowest BCUT2D eigenvalue weighted by Gasteiger charge is -2.36. The van der Waals surface area contributed by atoms with Crippen LogP contribution in [0.2, 0.25) is 0 Å². The summed E-state index contributed by atoms with van der Waals surface area (Å²) in [5, 5.41) is 17.3. The van der Waals surface area contributed by atoms with Crippen LogP contribution in [-0.2, 0) is 19.1 Å². The standard InChI is InChI=1S/C44H54F2N12O6/c1-27-49-33-5-2-4-32(38(33)44(62)58(27)35-10-11-37(59)52-43(35)61)47-15-3-21-64-30-12-16-54(17-13-30)25-28-6-8-29(9-7-28)57-26-34(39(53-57)40(45)46)50-42(60)31-24-48-56-18-14-36(51-41(31)56)55-19-22-63-23-20-55/h2,4-5,14,18,24,26,28-30,35,40,47H,3,6-13,15-17,19-23,25H2,1H3,(H,50,60)(H,52,59,61)/t28-,29-,35?. The van der Waals surface area contributed by atoms with Gasteiger partial charge in [-0.1, -0.05) is 6.07 Å². The summed E-state index contributed by atoms with van der Waals surface area (Å²) < 4.78 is 44.7. The highest BCUT2D eigenvalue weighted by molar-refractivity contribution is 6.08. The van der Waals surface area contributed by atoms with E-state index < -0.39 is 30.0 Å². The van der Waals surface area contributed by atoms with E-state index in [4.69, 9.17) is 9.47 Å². The Bertz CT molecular complexity index is 2560. The third kappa shape index (κ3) is 9.35. The van der Waals surface area contributed by atoms with Gasteiger partial charge < -0.3 is 29.9 Å². The molecule has 4 aromatic heterocycles. The molecule has 18 nitrogen and oxygen atoms in total. The summed E-state index contributed by atoms with van der Waals surface area (Å²) in [4.78, 5) is 65.4. The normalized spacial score (nSPS) is 21.5. The zero-order chi connectivity index (χ0) is 44.3. The summed E-state index contributed by atoms with van der Waals surface area (Å²) in [6, 6.07) is 6.46. The quantitative estimate of drug-likeness (QED) is 0.103.